The van der Waals surface area contributed by atoms with Crippen molar-refractivity contribution in [3.63, 3.8) is 0 Å². The summed E-state index contributed by atoms with van der Waals surface area (Å²) in [6.07, 6.45) is 2.90. The highest BCUT2D eigenvalue weighted by Crippen LogP contribution is 2.22. The zero-order valence-electron chi connectivity index (χ0n) is 18.1. The highest BCUT2D eigenvalue weighted by molar-refractivity contribution is 6.20. The zero-order chi connectivity index (χ0) is 23.8. The molecule has 0 saturated carbocycles. The number of rotatable bonds is 7. The van der Waals surface area contributed by atoms with Gasteiger partial charge in [0.05, 0.1) is 17.0 Å². The van der Waals surface area contributed by atoms with Crippen LogP contribution >= 0.6 is 0 Å². The Balaban J connectivity index is 1.81. The number of carboxylic acid groups (broad SMARTS) is 1. The molecule has 0 fully saturated rings. The second-order valence-corrected chi connectivity index (χ2v) is 7.27. The number of nitrogens with zero attached hydrogens (tertiary/aromatic N) is 2. The number of aliphatic imine (C=N–C) groups is 1. The largest absolute Gasteiger partial charge is 0.478 e. The van der Waals surface area contributed by atoms with Crippen LogP contribution in [0.2, 0.25) is 0 Å². The predicted molar refractivity (Wildman–Crippen MR) is 133 cm³/mol. The van der Waals surface area contributed by atoms with Crippen LogP contribution in [0.5, 0.6) is 0 Å². The van der Waals surface area contributed by atoms with E-state index in [0.29, 0.717) is 22.5 Å². The van der Waals surface area contributed by atoms with Gasteiger partial charge in [-0.15, -0.1) is 0 Å². The molecule has 0 aliphatic rings. The van der Waals surface area contributed by atoms with E-state index < -0.39 is 5.97 Å². The van der Waals surface area contributed by atoms with E-state index >= 15 is 0 Å². The Bertz CT molecular complexity index is 1350. The first-order chi connectivity index (χ1) is 16.6. The molecule has 0 aliphatic carbocycles. The van der Waals surface area contributed by atoms with E-state index in [1.165, 1.54) is 6.20 Å². The second kappa shape index (κ2) is 10.7. The van der Waals surface area contributed by atoms with E-state index in [2.05, 4.69) is 15.3 Å². The van der Waals surface area contributed by atoms with Crippen LogP contribution < -0.4 is 5.32 Å². The Morgan fingerprint density at radius 3 is 2.03 bits per heavy atom. The summed E-state index contributed by atoms with van der Waals surface area (Å²) in [5.41, 5.74) is 3.36. The van der Waals surface area contributed by atoms with Gasteiger partial charge in [0, 0.05) is 23.5 Å². The van der Waals surface area contributed by atoms with Gasteiger partial charge in [-0.3, -0.25) is 14.8 Å². The van der Waals surface area contributed by atoms with E-state index in [1.54, 1.807) is 54.7 Å². The third-order valence-electron chi connectivity index (χ3n) is 5.01. The van der Waals surface area contributed by atoms with Crippen molar-refractivity contribution in [3.8, 4) is 0 Å². The van der Waals surface area contributed by atoms with Gasteiger partial charge in [0.25, 0.3) is 5.91 Å². The van der Waals surface area contributed by atoms with Gasteiger partial charge >= 0.3 is 5.97 Å². The second-order valence-electron chi connectivity index (χ2n) is 7.27. The summed E-state index contributed by atoms with van der Waals surface area (Å²) >= 11 is 0. The zero-order valence-corrected chi connectivity index (χ0v) is 18.1. The van der Waals surface area contributed by atoms with Crippen molar-refractivity contribution in [1.82, 2.24) is 4.98 Å². The van der Waals surface area contributed by atoms with Crippen molar-refractivity contribution < 1.29 is 14.7 Å². The van der Waals surface area contributed by atoms with Crippen LogP contribution in [0.4, 0.5) is 5.69 Å². The van der Waals surface area contributed by atoms with Crippen LogP contribution in [0.15, 0.2) is 121 Å². The van der Waals surface area contributed by atoms with Gasteiger partial charge in [0.1, 0.15) is 5.69 Å². The Morgan fingerprint density at radius 1 is 0.765 bits per heavy atom. The van der Waals surface area contributed by atoms with Crippen molar-refractivity contribution in [2.75, 3.05) is 5.32 Å². The number of benzene rings is 3. The van der Waals surface area contributed by atoms with Gasteiger partial charge in [-0.2, -0.15) is 0 Å². The fourth-order valence-electron chi connectivity index (χ4n) is 3.38. The standard InChI is InChI=1S/C28H21N3O3/c32-27(25-17-9-10-18-29-25)31-24-16-8-7-15-22(24)26(21-13-5-2-6-14-21)30-19-23(28(33)34)20-11-3-1-4-12-20/h1-19H,(H,31,32)(H,33,34)/b23-19-,30-26?. The summed E-state index contributed by atoms with van der Waals surface area (Å²) in [6.45, 7) is 0. The monoisotopic (exact) mass is 447 g/mol. The Morgan fingerprint density at radius 2 is 1.38 bits per heavy atom. The van der Waals surface area contributed by atoms with Gasteiger partial charge in [0.2, 0.25) is 0 Å². The Labute approximate surface area is 197 Å². The van der Waals surface area contributed by atoms with Gasteiger partial charge < -0.3 is 10.4 Å². The molecule has 1 heterocycles. The summed E-state index contributed by atoms with van der Waals surface area (Å²) < 4.78 is 0. The highest BCUT2D eigenvalue weighted by atomic mass is 16.4. The van der Waals surface area contributed by atoms with Gasteiger partial charge in [-0.05, 0) is 23.8 Å². The maximum absolute atomic E-state index is 12.8. The molecule has 0 saturated heterocycles. The van der Waals surface area contributed by atoms with Crippen LogP contribution in [0.3, 0.4) is 0 Å². The molecule has 4 rings (SSSR count). The maximum atomic E-state index is 12.8. The molecule has 34 heavy (non-hydrogen) atoms. The van der Waals surface area contributed by atoms with Crippen LogP contribution in [-0.4, -0.2) is 27.7 Å². The SMILES string of the molecule is O=C(O)/C(=C\N=C(c1ccccc1)c1ccccc1NC(=O)c1ccccn1)c1ccccc1. The van der Waals surface area contributed by atoms with Crippen molar-refractivity contribution in [3.05, 3.63) is 138 Å². The smallest absolute Gasteiger partial charge is 0.337 e. The fraction of sp³-hybridized carbons (Fsp3) is 0. The lowest BCUT2D eigenvalue weighted by atomic mass is 10.00. The molecule has 0 bridgehead atoms. The normalized spacial score (nSPS) is 11.6. The number of carboxylic acids is 1. The molecule has 0 spiro atoms. The molecule has 1 aromatic heterocycles. The predicted octanol–water partition coefficient (Wildman–Crippen LogP) is 5.30. The number of aromatic nitrogens is 1. The first-order valence-electron chi connectivity index (χ1n) is 10.6. The summed E-state index contributed by atoms with van der Waals surface area (Å²) in [5.74, 6) is -1.44. The number of amides is 1. The molecule has 4 aromatic rings. The van der Waals surface area contributed by atoms with Crippen LogP contribution in [0.25, 0.3) is 5.57 Å². The molecule has 166 valence electrons. The number of aliphatic carboxylic acids is 1. The van der Waals surface area contributed by atoms with E-state index in [1.807, 2.05) is 54.6 Å². The van der Waals surface area contributed by atoms with E-state index in [0.717, 1.165) is 5.56 Å². The molecule has 0 aliphatic heterocycles. The minimum absolute atomic E-state index is 0.0593. The highest BCUT2D eigenvalue weighted by Gasteiger charge is 2.16. The van der Waals surface area contributed by atoms with E-state index in [-0.39, 0.29) is 17.2 Å². The summed E-state index contributed by atoms with van der Waals surface area (Å²) in [5, 5.41) is 12.7. The topological polar surface area (TPSA) is 91.6 Å². The average Bonchev–Trinajstić information content (AvgIpc) is 2.88. The average molecular weight is 447 g/mol. The van der Waals surface area contributed by atoms with Crippen molar-refractivity contribution in [2.45, 2.75) is 0 Å². The Hall–Kier alpha value is -4.84. The molecule has 0 unspecified atom stereocenters. The summed E-state index contributed by atoms with van der Waals surface area (Å²) in [7, 11) is 0. The van der Waals surface area contributed by atoms with Crippen molar-refractivity contribution in [1.29, 1.82) is 0 Å². The van der Waals surface area contributed by atoms with Crippen molar-refractivity contribution in [2.24, 2.45) is 4.99 Å². The fourth-order valence-corrected chi connectivity index (χ4v) is 3.38. The van der Waals surface area contributed by atoms with Crippen LogP contribution in [-0.2, 0) is 4.79 Å². The molecule has 3 aromatic carbocycles. The van der Waals surface area contributed by atoms with Gasteiger partial charge in [-0.25, -0.2) is 4.79 Å². The van der Waals surface area contributed by atoms with E-state index in [9.17, 15) is 14.7 Å². The number of anilines is 1. The number of carbonyl (C=O) groups excluding carboxylic acids is 1. The van der Waals surface area contributed by atoms with Gasteiger partial charge in [-0.1, -0.05) is 84.9 Å². The number of nitrogens with one attached hydrogen (secondary N) is 1. The number of hydrogen-bond donors (Lipinski definition) is 2. The maximum Gasteiger partial charge on any atom is 0.337 e. The first kappa shape index (κ1) is 22.4. The lowest BCUT2D eigenvalue weighted by molar-refractivity contribution is -0.130. The number of pyridine rings is 1. The molecule has 1 amide bonds. The minimum atomic E-state index is -1.08. The lowest BCUT2D eigenvalue weighted by Crippen LogP contribution is -2.16. The van der Waals surface area contributed by atoms with Crippen molar-refractivity contribution >= 4 is 28.8 Å². The third-order valence-corrected chi connectivity index (χ3v) is 5.01. The Kier molecular flexibility index (Phi) is 7.00. The number of carbonyl (C=O) groups is 2. The third kappa shape index (κ3) is 5.31. The van der Waals surface area contributed by atoms with Crippen LogP contribution in [0, 0.1) is 0 Å². The molecule has 6 nitrogen and oxygen atoms in total. The van der Waals surface area contributed by atoms with Crippen LogP contribution in [0.1, 0.15) is 27.2 Å². The molecule has 0 radical (unpaired) electrons. The number of hydrogen-bond acceptors (Lipinski definition) is 4. The quantitative estimate of drug-likeness (QED) is 0.297. The minimum Gasteiger partial charge on any atom is -0.478 e. The molecular formula is C28H21N3O3. The summed E-state index contributed by atoms with van der Waals surface area (Å²) in [4.78, 5) is 33.4. The molecule has 6 heteroatoms. The van der Waals surface area contributed by atoms with E-state index in [4.69, 9.17) is 0 Å². The molecule has 2 N–H and O–H groups in total. The summed E-state index contributed by atoms with van der Waals surface area (Å²) in [6, 6.07) is 30.6. The number of para-hydroxylation sites is 1. The first-order valence-corrected chi connectivity index (χ1v) is 10.6. The molecule has 0 atom stereocenters. The van der Waals surface area contributed by atoms with Gasteiger partial charge in [0.15, 0.2) is 0 Å². The molecular weight excluding hydrogens is 426 g/mol. The lowest BCUT2D eigenvalue weighted by Gasteiger charge is -2.13.